The highest BCUT2D eigenvalue weighted by Crippen LogP contribution is 2.35. The second kappa shape index (κ2) is 7.86. The quantitative estimate of drug-likeness (QED) is 0.624. The van der Waals surface area contributed by atoms with Gasteiger partial charge in [0.1, 0.15) is 17.5 Å². The number of anilines is 2. The van der Waals surface area contributed by atoms with Crippen LogP contribution in [0, 0.1) is 0 Å². The molecule has 1 aliphatic heterocycles. The third-order valence-electron chi connectivity index (χ3n) is 5.64. The fourth-order valence-corrected chi connectivity index (χ4v) is 3.95. The van der Waals surface area contributed by atoms with Crippen LogP contribution in [0.1, 0.15) is 56.1 Å². The van der Waals surface area contributed by atoms with Crippen molar-refractivity contribution in [3.05, 3.63) is 83.2 Å². The summed E-state index contributed by atoms with van der Waals surface area (Å²) in [6.07, 6.45) is 1.01. The zero-order chi connectivity index (χ0) is 20.4. The van der Waals surface area contributed by atoms with Crippen LogP contribution in [0.3, 0.4) is 0 Å². The SMILES string of the molecule is CC(C)c1nc(NCc2ccccc2)cc(N2Cc3ccccc3CC2(C)C)n1. The average molecular weight is 387 g/mol. The number of aromatic nitrogens is 2. The summed E-state index contributed by atoms with van der Waals surface area (Å²) in [4.78, 5) is 12.2. The van der Waals surface area contributed by atoms with E-state index in [9.17, 15) is 0 Å². The van der Waals surface area contributed by atoms with Gasteiger partial charge in [-0.2, -0.15) is 0 Å². The molecule has 1 aromatic heterocycles. The number of hydrogen-bond acceptors (Lipinski definition) is 4. The van der Waals surface area contributed by atoms with Crippen molar-refractivity contribution >= 4 is 11.6 Å². The lowest BCUT2D eigenvalue weighted by molar-refractivity contribution is 0.426. The second-order valence-corrected chi connectivity index (χ2v) is 8.81. The van der Waals surface area contributed by atoms with E-state index < -0.39 is 0 Å². The molecular formula is C25H30N4. The number of nitrogens with one attached hydrogen (secondary N) is 1. The Morgan fingerprint density at radius 3 is 2.38 bits per heavy atom. The first-order chi connectivity index (χ1) is 13.9. The number of rotatable bonds is 5. The van der Waals surface area contributed by atoms with Crippen molar-refractivity contribution in [3.63, 3.8) is 0 Å². The third-order valence-corrected chi connectivity index (χ3v) is 5.64. The van der Waals surface area contributed by atoms with Crippen LogP contribution < -0.4 is 10.2 Å². The van der Waals surface area contributed by atoms with Gasteiger partial charge in [0.2, 0.25) is 0 Å². The minimum atomic E-state index is -0.00629. The monoisotopic (exact) mass is 386 g/mol. The molecule has 4 heteroatoms. The Labute approximate surface area is 174 Å². The summed E-state index contributed by atoms with van der Waals surface area (Å²) in [5, 5.41) is 3.50. The van der Waals surface area contributed by atoms with Crippen LogP contribution in [0.5, 0.6) is 0 Å². The van der Waals surface area contributed by atoms with Crippen molar-refractivity contribution in [2.24, 2.45) is 0 Å². The van der Waals surface area contributed by atoms with Gasteiger partial charge in [0.15, 0.2) is 0 Å². The first-order valence-corrected chi connectivity index (χ1v) is 10.4. The molecule has 150 valence electrons. The van der Waals surface area contributed by atoms with Crippen LogP contribution in [0.15, 0.2) is 60.7 Å². The highest BCUT2D eigenvalue weighted by molar-refractivity contribution is 5.54. The van der Waals surface area contributed by atoms with Crippen LogP contribution in [-0.2, 0) is 19.5 Å². The fourth-order valence-electron chi connectivity index (χ4n) is 3.95. The van der Waals surface area contributed by atoms with Crippen LogP contribution in [-0.4, -0.2) is 15.5 Å². The maximum Gasteiger partial charge on any atom is 0.135 e. The minimum Gasteiger partial charge on any atom is -0.366 e. The van der Waals surface area contributed by atoms with Gasteiger partial charge < -0.3 is 10.2 Å². The molecule has 0 radical (unpaired) electrons. The molecule has 0 saturated carbocycles. The number of hydrogen-bond donors (Lipinski definition) is 1. The molecule has 1 N–H and O–H groups in total. The van der Waals surface area contributed by atoms with Crippen molar-refractivity contribution in [3.8, 4) is 0 Å². The Morgan fingerprint density at radius 2 is 1.66 bits per heavy atom. The molecular weight excluding hydrogens is 356 g/mol. The average Bonchev–Trinajstić information content (AvgIpc) is 2.71. The van der Waals surface area contributed by atoms with Crippen molar-refractivity contribution in [2.45, 2.75) is 58.7 Å². The lowest BCUT2D eigenvalue weighted by Crippen LogP contribution is -2.49. The van der Waals surface area contributed by atoms with Crippen LogP contribution in [0.2, 0.25) is 0 Å². The topological polar surface area (TPSA) is 41.1 Å². The molecule has 0 aliphatic carbocycles. The second-order valence-electron chi connectivity index (χ2n) is 8.81. The van der Waals surface area contributed by atoms with Gasteiger partial charge in [-0.25, -0.2) is 9.97 Å². The third kappa shape index (κ3) is 4.26. The standard InChI is InChI=1S/C25H30N4/c1-18(2)24-27-22(26-16-19-10-6-5-7-11-19)14-23(28-24)29-17-21-13-9-8-12-20(21)15-25(29,3)4/h5-14,18H,15-17H2,1-4H3,(H,26,27,28). The first kappa shape index (κ1) is 19.4. The van der Waals surface area contributed by atoms with Crippen molar-refractivity contribution in [1.29, 1.82) is 0 Å². The van der Waals surface area contributed by atoms with E-state index in [-0.39, 0.29) is 11.5 Å². The van der Waals surface area contributed by atoms with E-state index >= 15 is 0 Å². The Kier molecular flexibility index (Phi) is 5.27. The van der Waals surface area contributed by atoms with Gasteiger partial charge in [0.25, 0.3) is 0 Å². The predicted octanol–water partition coefficient (Wildman–Crippen LogP) is 5.55. The summed E-state index contributed by atoms with van der Waals surface area (Å²) in [6, 6.07) is 21.3. The molecule has 0 fully saturated rings. The van der Waals surface area contributed by atoms with Crippen LogP contribution in [0.25, 0.3) is 0 Å². The first-order valence-electron chi connectivity index (χ1n) is 10.4. The normalized spacial score (nSPS) is 15.3. The molecule has 3 aromatic rings. The number of fused-ring (bicyclic) bond motifs is 1. The van der Waals surface area contributed by atoms with Gasteiger partial charge in [-0.3, -0.25) is 0 Å². The maximum atomic E-state index is 4.95. The predicted molar refractivity (Wildman–Crippen MR) is 120 cm³/mol. The van der Waals surface area contributed by atoms with Gasteiger partial charge in [-0.15, -0.1) is 0 Å². The van der Waals surface area contributed by atoms with Crippen molar-refractivity contribution in [1.82, 2.24) is 9.97 Å². The van der Waals surface area contributed by atoms with E-state index in [2.05, 4.69) is 92.5 Å². The molecule has 0 spiro atoms. The highest BCUT2D eigenvalue weighted by Gasteiger charge is 2.34. The molecule has 1 aliphatic rings. The van der Waals surface area contributed by atoms with E-state index in [0.717, 1.165) is 37.0 Å². The van der Waals surface area contributed by atoms with Gasteiger partial charge >= 0.3 is 0 Å². The van der Waals surface area contributed by atoms with E-state index in [1.54, 1.807) is 0 Å². The molecule has 0 amide bonds. The van der Waals surface area contributed by atoms with Gasteiger partial charge in [-0.05, 0) is 37.0 Å². The zero-order valence-electron chi connectivity index (χ0n) is 17.8. The van der Waals surface area contributed by atoms with E-state index in [0.29, 0.717) is 0 Å². The molecule has 4 nitrogen and oxygen atoms in total. The van der Waals surface area contributed by atoms with Gasteiger partial charge in [-0.1, -0.05) is 68.4 Å². The molecule has 29 heavy (non-hydrogen) atoms. The van der Waals surface area contributed by atoms with Crippen LogP contribution >= 0.6 is 0 Å². The molecule has 0 unspecified atom stereocenters. The lowest BCUT2D eigenvalue weighted by Gasteiger charge is -2.44. The minimum absolute atomic E-state index is 0.00629. The number of nitrogens with zero attached hydrogens (tertiary/aromatic N) is 3. The largest absolute Gasteiger partial charge is 0.366 e. The number of benzene rings is 2. The Balaban J connectivity index is 1.66. The van der Waals surface area contributed by atoms with Crippen molar-refractivity contribution < 1.29 is 0 Å². The Morgan fingerprint density at radius 1 is 0.966 bits per heavy atom. The van der Waals surface area contributed by atoms with Crippen LogP contribution in [0.4, 0.5) is 11.6 Å². The van der Waals surface area contributed by atoms with E-state index in [1.807, 2.05) is 6.07 Å². The summed E-state index contributed by atoms with van der Waals surface area (Å²) in [6.45, 7) is 10.5. The van der Waals surface area contributed by atoms with E-state index in [1.165, 1.54) is 16.7 Å². The Hall–Kier alpha value is -2.88. The van der Waals surface area contributed by atoms with Crippen molar-refractivity contribution in [2.75, 3.05) is 10.2 Å². The highest BCUT2D eigenvalue weighted by atomic mass is 15.3. The summed E-state index contributed by atoms with van der Waals surface area (Å²) in [7, 11) is 0. The summed E-state index contributed by atoms with van der Waals surface area (Å²) in [5.41, 5.74) is 4.06. The molecule has 0 atom stereocenters. The molecule has 4 rings (SSSR count). The fraction of sp³-hybridized carbons (Fsp3) is 0.360. The summed E-state index contributed by atoms with van der Waals surface area (Å²) in [5.74, 6) is 3.04. The maximum absolute atomic E-state index is 4.95. The smallest absolute Gasteiger partial charge is 0.135 e. The lowest BCUT2D eigenvalue weighted by atomic mass is 9.85. The zero-order valence-corrected chi connectivity index (χ0v) is 17.8. The summed E-state index contributed by atoms with van der Waals surface area (Å²) >= 11 is 0. The molecule has 2 heterocycles. The van der Waals surface area contributed by atoms with Gasteiger partial charge in [0.05, 0.1) is 0 Å². The Bertz CT molecular complexity index is 979. The van der Waals surface area contributed by atoms with E-state index in [4.69, 9.17) is 9.97 Å². The molecule has 0 saturated heterocycles. The molecule has 0 bridgehead atoms. The molecule has 2 aromatic carbocycles. The van der Waals surface area contributed by atoms with Gasteiger partial charge in [0, 0.05) is 30.6 Å². The summed E-state index contributed by atoms with van der Waals surface area (Å²) < 4.78 is 0.